The normalized spacial score (nSPS) is 11.7. The highest BCUT2D eigenvalue weighted by Crippen LogP contribution is 2.34. The highest BCUT2D eigenvalue weighted by atomic mass is 32.2. The van der Waals surface area contributed by atoms with Crippen molar-refractivity contribution >= 4 is 57.4 Å². The van der Waals surface area contributed by atoms with Gasteiger partial charge >= 0.3 is 5.97 Å². The van der Waals surface area contributed by atoms with Crippen LogP contribution in [0.3, 0.4) is 0 Å². The summed E-state index contributed by atoms with van der Waals surface area (Å²) >= 11 is 2.14. The van der Waals surface area contributed by atoms with Crippen LogP contribution in [0.2, 0.25) is 0 Å². The van der Waals surface area contributed by atoms with Crippen molar-refractivity contribution in [3.05, 3.63) is 61.8 Å². The second-order valence-corrected chi connectivity index (χ2v) is 11.4. The largest absolute Gasteiger partial charge is 0.462 e. The van der Waals surface area contributed by atoms with Crippen molar-refractivity contribution in [2.45, 2.75) is 59.3 Å². The van der Waals surface area contributed by atoms with Crippen molar-refractivity contribution in [2.75, 3.05) is 17.7 Å². The maximum absolute atomic E-state index is 13.0. The average Bonchev–Trinajstić information content (AvgIpc) is 3.50. The first-order chi connectivity index (χ1) is 19.9. The highest BCUT2D eigenvalue weighted by molar-refractivity contribution is 7.99. The van der Waals surface area contributed by atoms with E-state index in [0.717, 1.165) is 23.1 Å². The van der Waals surface area contributed by atoms with Crippen LogP contribution in [-0.2, 0) is 16.1 Å². The van der Waals surface area contributed by atoms with E-state index in [1.165, 1.54) is 31.2 Å². The van der Waals surface area contributed by atoms with Crippen molar-refractivity contribution in [3.63, 3.8) is 0 Å². The SMILES string of the molecule is CCOC(=O)c1c(NC(=O)CSc2nnc([C@H](NC(=O)c3cccc([N+](=O)[O-])c3)C(C)C)n2CC)sc(C(C)=O)c1C. The lowest BCUT2D eigenvalue weighted by Gasteiger charge is -2.22. The van der Waals surface area contributed by atoms with Gasteiger partial charge in [-0.1, -0.05) is 31.7 Å². The molecule has 224 valence electrons. The molecular weight excluding hydrogens is 584 g/mol. The smallest absolute Gasteiger partial charge is 0.341 e. The third kappa shape index (κ3) is 7.39. The lowest BCUT2D eigenvalue weighted by Crippen LogP contribution is -2.33. The van der Waals surface area contributed by atoms with Crippen LogP contribution < -0.4 is 10.6 Å². The van der Waals surface area contributed by atoms with E-state index in [0.29, 0.717) is 28.0 Å². The third-order valence-electron chi connectivity index (χ3n) is 6.14. The molecule has 0 saturated heterocycles. The Morgan fingerprint density at radius 1 is 1.19 bits per heavy atom. The molecule has 0 unspecified atom stereocenters. The van der Waals surface area contributed by atoms with Crippen LogP contribution >= 0.6 is 23.1 Å². The molecule has 2 heterocycles. The number of esters is 1. The maximum atomic E-state index is 13.0. The number of ketones is 1. The molecule has 3 rings (SSSR count). The molecule has 13 nitrogen and oxygen atoms in total. The van der Waals surface area contributed by atoms with Gasteiger partial charge in [-0.2, -0.15) is 0 Å². The molecule has 3 aromatic rings. The summed E-state index contributed by atoms with van der Waals surface area (Å²) < 4.78 is 6.90. The summed E-state index contributed by atoms with van der Waals surface area (Å²) in [6.07, 6.45) is 0. The average molecular weight is 617 g/mol. The number of hydrogen-bond donors (Lipinski definition) is 2. The lowest BCUT2D eigenvalue weighted by atomic mass is 10.0. The number of hydrogen-bond acceptors (Lipinski definition) is 11. The summed E-state index contributed by atoms with van der Waals surface area (Å²) in [6.45, 7) is 11.0. The van der Waals surface area contributed by atoms with E-state index >= 15 is 0 Å². The molecule has 0 aliphatic heterocycles. The van der Waals surface area contributed by atoms with Gasteiger partial charge < -0.3 is 19.9 Å². The van der Waals surface area contributed by atoms with Crippen LogP contribution in [0.4, 0.5) is 10.7 Å². The van der Waals surface area contributed by atoms with Crippen LogP contribution in [0.1, 0.15) is 82.4 Å². The van der Waals surface area contributed by atoms with Crippen molar-refractivity contribution in [1.82, 2.24) is 20.1 Å². The zero-order chi connectivity index (χ0) is 31.1. The van der Waals surface area contributed by atoms with Crippen molar-refractivity contribution < 1.29 is 28.8 Å². The number of anilines is 1. The van der Waals surface area contributed by atoms with Gasteiger partial charge in [0.2, 0.25) is 5.91 Å². The Hall–Kier alpha value is -4.11. The number of rotatable bonds is 13. The number of carbonyl (C=O) groups excluding carboxylic acids is 4. The highest BCUT2D eigenvalue weighted by Gasteiger charge is 2.28. The molecule has 0 radical (unpaired) electrons. The first kappa shape index (κ1) is 32.4. The van der Waals surface area contributed by atoms with Crippen molar-refractivity contribution in [1.29, 1.82) is 0 Å². The number of thioether (sulfide) groups is 1. The van der Waals surface area contributed by atoms with Gasteiger partial charge in [-0.15, -0.1) is 21.5 Å². The van der Waals surface area contributed by atoms with Gasteiger partial charge in [0.15, 0.2) is 16.8 Å². The Morgan fingerprint density at radius 3 is 2.50 bits per heavy atom. The molecule has 0 saturated carbocycles. The van der Waals surface area contributed by atoms with Crippen LogP contribution in [0, 0.1) is 23.0 Å². The molecule has 15 heteroatoms. The number of aromatic nitrogens is 3. The minimum absolute atomic E-state index is 0.0703. The number of thiophene rings is 1. The zero-order valence-electron chi connectivity index (χ0n) is 24.0. The Bertz CT molecular complexity index is 1510. The van der Waals surface area contributed by atoms with Crippen LogP contribution in [0.5, 0.6) is 0 Å². The molecule has 1 aromatic carbocycles. The minimum atomic E-state index is -0.621. The standard InChI is InChI=1S/C27H32N6O7S2/c1-7-32-23(21(14(3)4)29-24(36)17-10-9-11-18(12-17)33(38)39)30-31-27(32)41-13-19(35)28-25-20(26(37)40-8-2)15(5)22(42-25)16(6)34/h9-12,14,21H,7-8,13H2,1-6H3,(H,28,35)(H,29,36)/t21-/m1/s1. The van der Waals surface area contributed by atoms with Crippen LogP contribution in [-0.4, -0.2) is 55.6 Å². The van der Waals surface area contributed by atoms with Crippen molar-refractivity contribution in [2.24, 2.45) is 5.92 Å². The maximum Gasteiger partial charge on any atom is 0.341 e. The lowest BCUT2D eigenvalue weighted by molar-refractivity contribution is -0.384. The molecular formula is C27H32N6O7S2. The number of nitro groups is 1. The fraction of sp³-hybridized carbons (Fsp3) is 0.407. The van der Waals surface area contributed by atoms with Gasteiger partial charge in [0.05, 0.1) is 33.8 Å². The number of Topliss-reactive ketones (excluding diaryl/α,β-unsaturated/α-hetero) is 1. The Morgan fingerprint density at radius 2 is 1.90 bits per heavy atom. The van der Waals surface area contributed by atoms with Gasteiger partial charge in [0.25, 0.3) is 11.6 Å². The molecule has 0 aliphatic carbocycles. The Labute approximate surface area is 250 Å². The molecule has 0 spiro atoms. The molecule has 2 amide bonds. The third-order valence-corrected chi connectivity index (χ3v) is 8.42. The number of nitro benzene ring substituents is 1. The molecule has 0 fully saturated rings. The predicted octanol–water partition coefficient (Wildman–Crippen LogP) is 4.81. The number of benzene rings is 1. The van der Waals surface area contributed by atoms with E-state index in [1.54, 1.807) is 18.4 Å². The Kier molecular flexibility index (Phi) is 10.9. The Balaban J connectivity index is 1.78. The van der Waals surface area contributed by atoms with E-state index in [9.17, 15) is 29.3 Å². The fourth-order valence-electron chi connectivity index (χ4n) is 4.13. The van der Waals surface area contributed by atoms with Crippen LogP contribution in [0.25, 0.3) is 0 Å². The summed E-state index contributed by atoms with van der Waals surface area (Å²) in [5.74, 6) is -1.47. The quantitative estimate of drug-likeness (QED) is 0.0891. The number of amides is 2. The first-order valence-corrected chi connectivity index (χ1v) is 14.9. The van der Waals surface area contributed by atoms with E-state index in [2.05, 4.69) is 20.8 Å². The van der Waals surface area contributed by atoms with Crippen LogP contribution in [0.15, 0.2) is 29.4 Å². The predicted molar refractivity (Wildman–Crippen MR) is 158 cm³/mol. The zero-order valence-corrected chi connectivity index (χ0v) is 25.7. The van der Waals surface area contributed by atoms with Crippen molar-refractivity contribution in [3.8, 4) is 0 Å². The molecule has 0 bridgehead atoms. The first-order valence-electron chi connectivity index (χ1n) is 13.1. The fourth-order valence-corrected chi connectivity index (χ4v) is 6.04. The summed E-state index contributed by atoms with van der Waals surface area (Å²) in [4.78, 5) is 61.4. The van der Waals surface area contributed by atoms with E-state index in [-0.39, 0.29) is 45.9 Å². The number of non-ortho nitro benzene ring substituents is 1. The monoisotopic (exact) mass is 616 g/mol. The molecule has 0 aliphatic rings. The second kappa shape index (κ2) is 14.2. The molecule has 2 aromatic heterocycles. The molecule has 42 heavy (non-hydrogen) atoms. The molecule has 1 atom stereocenters. The second-order valence-electron chi connectivity index (χ2n) is 9.46. The van der Waals surface area contributed by atoms with Gasteiger partial charge in [0.1, 0.15) is 5.00 Å². The van der Waals surface area contributed by atoms with E-state index in [1.807, 2.05) is 20.8 Å². The summed E-state index contributed by atoms with van der Waals surface area (Å²) in [5.41, 5.74) is 0.560. The molecule has 2 N–H and O–H groups in total. The number of carbonyl (C=O) groups is 4. The topological polar surface area (TPSA) is 175 Å². The summed E-state index contributed by atoms with van der Waals surface area (Å²) in [5, 5.41) is 26.0. The number of ether oxygens (including phenoxy) is 1. The summed E-state index contributed by atoms with van der Waals surface area (Å²) in [6, 6.07) is 4.88. The number of nitrogens with one attached hydrogen (secondary N) is 2. The van der Waals surface area contributed by atoms with Gasteiger partial charge in [0, 0.05) is 24.2 Å². The van der Waals surface area contributed by atoms with E-state index < -0.39 is 28.7 Å². The van der Waals surface area contributed by atoms with Gasteiger partial charge in [-0.3, -0.25) is 24.5 Å². The summed E-state index contributed by atoms with van der Waals surface area (Å²) in [7, 11) is 0. The van der Waals surface area contributed by atoms with E-state index in [4.69, 9.17) is 4.74 Å². The van der Waals surface area contributed by atoms with Gasteiger partial charge in [-0.05, 0) is 45.2 Å². The number of nitrogens with zero attached hydrogens (tertiary/aromatic N) is 4. The van der Waals surface area contributed by atoms with Gasteiger partial charge in [-0.25, -0.2) is 4.79 Å². The minimum Gasteiger partial charge on any atom is -0.462 e.